The second-order valence-corrected chi connectivity index (χ2v) is 7.25. The zero-order valence-corrected chi connectivity index (χ0v) is 16.6. The number of ketones is 1. The SMILES string of the molecule is CN(CCOc1cc(O)c2c(c1)OC(c1ccc(O)cc1)CC2=O)c1ccccc1. The molecule has 1 heterocycles. The second kappa shape index (κ2) is 8.37. The minimum Gasteiger partial charge on any atom is -0.508 e. The van der Waals surface area contributed by atoms with Gasteiger partial charge < -0.3 is 24.6 Å². The Morgan fingerprint density at radius 3 is 2.53 bits per heavy atom. The van der Waals surface area contributed by atoms with Crippen LogP contribution in [0.3, 0.4) is 0 Å². The van der Waals surface area contributed by atoms with E-state index < -0.39 is 6.10 Å². The quantitative estimate of drug-likeness (QED) is 0.636. The van der Waals surface area contributed by atoms with E-state index in [0.29, 0.717) is 24.7 Å². The molecule has 4 rings (SSSR count). The van der Waals surface area contributed by atoms with E-state index in [-0.39, 0.29) is 29.3 Å². The molecule has 1 aliphatic rings. The van der Waals surface area contributed by atoms with Crippen LogP contribution in [-0.4, -0.2) is 36.2 Å². The third-order valence-corrected chi connectivity index (χ3v) is 5.13. The van der Waals surface area contributed by atoms with Gasteiger partial charge in [-0.3, -0.25) is 4.79 Å². The number of para-hydroxylation sites is 1. The predicted octanol–water partition coefficient (Wildman–Crippen LogP) is 4.32. The van der Waals surface area contributed by atoms with E-state index in [0.717, 1.165) is 11.3 Å². The molecular formula is C24H23NO5. The Hall–Kier alpha value is -3.67. The van der Waals surface area contributed by atoms with Crippen LogP contribution in [0, 0.1) is 0 Å². The molecule has 0 saturated heterocycles. The summed E-state index contributed by atoms with van der Waals surface area (Å²) >= 11 is 0. The molecule has 1 aliphatic heterocycles. The molecule has 0 aliphatic carbocycles. The monoisotopic (exact) mass is 405 g/mol. The summed E-state index contributed by atoms with van der Waals surface area (Å²) in [6.07, 6.45) is -0.364. The van der Waals surface area contributed by atoms with E-state index in [1.54, 1.807) is 30.3 Å². The number of fused-ring (bicyclic) bond motifs is 1. The second-order valence-electron chi connectivity index (χ2n) is 7.25. The molecule has 6 nitrogen and oxygen atoms in total. The first-order valence-electron chi connectivity index (χ1n) is 9.76. The van der Waals surface area contributed by atoms with Crippen LogP contribution >= 0.6 is 0 Å². The van der Waals surface area contributed by atoms with Crippen LogP contribution in [-0.2, 0) is 0 Å². The van der Waals surface area contributed by atoms with Crippen molar-refractivity contribution in [3.63, 3.8) is 0 Å². The van der Waals surface area contributed by atoms with Crippen molar-refractivity contribution in [1.82, 2.24) is 0 Å². The van der Waals surface area contributed by atoms with Crippen molar-refractivity contribution >= 4 is 11.5 Å². The van der Waals surface area contributed by atoms with Crippen LogP contribution in [0.15, 0.2) is 66.7 Å². The van der Waals surface area contributed by atoms with E-state index in [9.17, 15) is 15.0 Å². The largest absolute Gasteiger partial charge is 0.508 e. The first-order valence-corrected chi connectivity index (χ1v) is 9.76. The van der Waals surface area contributed by atoms with Gasteiger partial charge in [-0.25, -0.2) is 0 Å². The number of likely N-dealkylation sites (N-methyl/N-ethyl adjacent to an activating group) is 1. The molecule has 0 amide bonds. The van der Waals surface area contributed by atoms with E-state index in [1.165, 1.54) is 6.07 Å². The summed E-state index contributed by atoms with van der Waals surface area (Å²) in [5, 5.41) is 19.8. The Labute approximate surface area is 174 Å². The lowest BCUT2D eigenvalue weighted by Crippen LogP contribution is -2.24. The average molecular weight is 405 g/mol. The Kier molecular flexibility index (Phi) is 5.48. The summed E-state index contributed by atoms with van der Waals surface area (Å²) in [7, 11) is 1.98. The molecule has 0 bridgehead atoms. The number of rotatable bonds is 6. The van der Waals surface area contributed by atoms with Gasteiger partial charge in [-0.2, -0.15) is 0 Å². The number of Topliss-reactive ketones (excluding diaryl/α,β-unsaturated/α-hetero) is 1. The van der Waals surface area contributed by atoms with Gasteiger partial charge in [0.2, 0.25) is 0 Å². The molecule has 0 aromatic heterocycles. The maximum Gasteiger partial charge on any atom is 0.174 e. The number of anilines is 1. The van der Waals surface area contributed by atoms with Gasteiger partial charge in [0.25, 0.3) is 0 Å². The molecule has 0 spiro atoms. The van der Waals surface area contributed by atoms with Gasteiger partial charge in [0.1, 0.15) is 41.3 Å². The van der Waals surface area contributed by atoms with Gasteiger partial charge in [0.15, 0.2) is 5.78 Å². The van der Waals surface area contributed by atoms with Crippen molar-refractivity contribution in [3.05, 3.63) is 77.9 Å². The standard InChI is InChI=1S/C24H23NO5/c1-25(17-5-3-2-4-6-17)11-12-29-19-13-20(27)24-21(28)15-22(30-23(24)14-19)16-7-9-18(26)10-8-16/h2-10,13-14,22,26-27H,11-12,15H2,1H3. The summed E-state index contributed by atoms with van der Waals surface area (Å²) in [4.78, 5) is 14.7. The Morgan fingerprint density at radius 1 is 1.07 bits per heavy atom. The van der Waals surface area contributed by atoms with Crippen molar-refractivity contribution in [2.45, 2.75) is 12.5 Å². The maximum absolute atomic E-state index is 12.6. The predicted molar refractivity (Wildman–Crippen MR) is 114 cm³/mol. The van der Waals surface area contributed by atoms with Crippen LogP contribution in [0.2, 0.25) is 0 Å². The smallest absolute Gasteiger partial charge is 0.174 e. The molecule has 3 aromatic carbocycles. The number of carbonyl (C=O) groups is 1. The lowest BCUT2D eigenvalue weighted by molar-refractivity contribution is 0.0844. The van der Waals surface area contributed by atoms with Gasteiger partial charge in [-0.15, -0.1) is 0 Å². The summed E-state index contributed by atoms with van der Waals surface area (Å²) in [5.74, 6) is 0.549. The number of carbonyl (C=O) groups excluding carboxylic acids is 1. The van der Waals surface area contributed by atoms with Gasteiger partial charge in [-0.1, -0.05) is 30.3 Å². The molecule has 2 N–H and O–H groups in total. The van der Waals surface area contributed by atoms with E-state index in [2.05, 4.69) is 4.90 Å². The van der Waals surface area contributed by atoms with E-state index >= 15 is 0 Å². The minimum atomic E-state index is -0.482. The molecule has 6 heteroatoms. The normalized spacial score (nSPS) is 15.2. The zero-order valence-electron chi connectivity index (χ0n) is 16.6. The van der Waals surface area contributed by atoms with Gasteiger partial charge in [0.05, 0.1) is 13.0 Å². The van der Waals surface area contributed by atoms with Crippen molar-refractivity contribution in [3.8, 4) is 23.0 Å². The third kappa shape index (κ3) is 4.17. The molecule has 30 heavy (non-hydrogen) atoms. The number of hydrogen-bond acceptors (Lipinski definition) is 6. The summed E-state index contributed by atoms with van der Waals surface area (Å²) < 4.78 is 11.8. The van der Waals surface area contributed by atoms with Crippen LogP contribution in [0.5, 0.6) is 23.0 Å². The van der Waals surface area contributed by atoms with Gasteiger partial charge >= 0.3 is 0 Å². The fourth-order valence-corrected chi connectivity index (χ4v) is 3.48. The summed E-state index contributed by atoms with van der Waals surface area (Å²) in [6, 6.07) is 19.6. The lowest BCUT2D eigenvalue weighted by atomic mass is 9.95. The number of phenols is 2. The number of ether oxygens (including phenoxy) is 2. The minimum absolute atomic E-state index is 0.118. The van der Waals surface area contributed by atoms with Crippen LogP contribution < -0.4 is 14.4 Å². The molecule has 1 atom stereocenters. The number of benzene rings is 3. The van der Waals surface area contributed by atoms with Crippen LogP contribution in [0.4, 0.5) is 5.69 Å². The van der Waals surface area contributed by atoms with Crippen molar-refractivity contribution in [1.29, 1.82) is 0 Å². The number of hydrogen-bond donors (Lipinski definition) is 2. The molecular weight excluding hydrogens is 382 g/mol. The zero-order chi connectivity index (χ0) is 21.1. The van der Waals surface area contributed by atoms with Crippen molar-refractivity contribution in [2.75, 3.05) is 25.1 Å². The molecule has 3 aromatic rings. The van der Waals surface area contributed by atoms with Gasteiger partial charge in [-0.05, 0) is 29.8 Å². The lowest BCUT2D eigenvalue weighted by Gasteiger charge is -2.26. The highest BCUT2D eigenvalue weighted by Crippen LogP contribution is 2.42. The molecule has 154 valence electrons. The highest BCUT2D eigenvalue weighted by Gasteiger charge is 2.31. The Balaban J connectivity index is 1.47. The molecule has 0 saturated carbocycles. The molecule has 0 radical (unpaired) electrons. The summed E-state index contributed by atoms with van der Waals surface area (Å²) in [6.45, 7) is 1.05. The van der Waals surface area contributed by atoms with Crippen molar-refractivity contribution in [2.24, 2.45) is 0 Å². The average Bonchev–Trinajstić information content (AvgIpc) is 2.74. The number of nitrogens with zero attached hydrogens (tertiary/aromatic N) is 1. The van der Waals surface area contributed by atoms with Crippen molar-refractivity contribution < 1.29 is 24.5 Å². The topological polar surface area (TPSA) is 79.2 Å². The first kappa shape index (κ1) is 19.6. The van der Waals surface area contributed by atoms with Crippen LogP contribution in [0.25, 0.3) is 0 Å². The molecule has 0 fully saturated rings. The Morgan fingerprint density at radius 2 is 1.80 bits per heavy atom. The number of aromatic hydroxyl groups is 2. The van der Waals surface area contributed by atoms with Gasteiger partial charge in [0, 0.05) is 24.9 Å². The third-order valence-electron chi connectivity index (χ3n) is 5.13. The highest BCUT2D eigenvalue weighted by molar-refractivity contribution is 6.02. The first-order chi connectivity index (χ1) is 14.5. The highest BCUT2D eigenvalue weighted by atomic mass is 16.5. The summed E-state index contributed by atoms with van der Waals surface area (Å²) in [5.41, 5.74) is 2.04. The molecule has 1 unspecified atom stereocenters. The fraction of sp³-hybridized carbons (Fsp3) is 0.208. The van der Waals surface area contributed by atoms with Crippen LogP contribution in [0.1, 0.15) is 28.4 Å². The van der Waals surface area contributed by atoms with E-state index in [1.807, 2.05) is 37.4 Å². The van der Waals surface area contributed by atoms with E-state index in [4.69, 9.17) is 9.47 Å². The number of phenolic OH excluding ortho intramolecular Hbond substituents is 2. The maximum atomic E-state index is 12.6. The fourth-order valence-electron chi connectivity index (χ4n) is 3.48. The Bertz CT molecular complexity index is 1030.